The zero-order valence-electron chi connectivity index (χ0n) is 10.1. The van der Waals surface area contributed by atoms with E-state index in [4.69, 9.17) is 15.6 Å². The quantitative estimate of drug-likeness (QED) is 0.657. The molecule has 0 aliphatic heterocycles. The highest BCUT2D eigenvalue weighted by atomic mass is 16.5. The lowest BCUT2D eigenvalue weighted by Crippen LogP contribution is -2.31. The molecule has 1 atom stereocenters. The summed E-state index contributed by atoms with van der Waals surface area (Å²) in [5.74, 6) is -1.47. The van der Waals surface area contributed by atoms with E-state index in [-0.39, 0.29) is 17.9 Å². The number of aryl methyl sites for hydroxylation is 1. The van der Waals surface area contributed by atoms with Crippen LogP contribution in [0.15, 0.2) is 12.1 Å². The smallest absolute Gasteiger partial charge is 0.334 e. The number of nitrogens with two attached hydrogens (primary N) is 1. The van der Waals surface area contributed by atoms with E-state index in [9.17, 15) is 9.59 Å². The molecule has 0 aromatic carbocycles. The van der Waals surface area contributed by atoms with Crippen LogP contribution in [0.4, 0.5) is 5.82 Å². The Balaban J connectivity index is 2.86. The molecular weight excluding hydrogens is 238 g/mol. The summed E-state index contributed by atoms with van der Waals surface area (Å²) in [7, 11) is 1.29. The minimum absolute atomic E-state index is 0.0113. The third kappa shape index (κ3) is 3.42. The van der Waals surface area contributed by atoms with Gasteiger partial charge in [-0.25, -0.2) is 9.78 Å². The number of carboxylic acids is 1. The van der Waals surface area contributed by atoms with Crippen molar-refractivity contribution >= 4 is 17.7 Å². The molecule has 1 heterocycles. The summed E-state index contributed by atoms with van der Waals surface area (Å²) in [6, 6.07) is 3.19. The molecule has 1 unspecified atom stereocenters. The number of nitrogens with one attached hydrogen (secondary N) is 1. The van der Waals surface area contributed by atoms with Gasteiger partial charge in [-0.1, -0.05) is 0 Å². The molecule has 0 spiro atoms. The van der Waals surface area contributed by atoms with Crippen molar-refractivity contribution in [1.29, 1.82) is 0 Å². The van der Waals surface area contributed by atoms with Gasteiger partial charge in [0, 0.05) is 12.8 Å². The van der Waals surface area contributed by atoms with Crippen molar-refractivity contribution in [3.05, 3.63) is 23.4 Å². The molecule has 1 aromatic heterocycles. The first-order chi connectivity index (χ1) is 8.45. The number of carboxylic acid groups (broad SMARTS) is 1. The normalized spacial score (nSPS) is 11.9. The SMILES string of the molecule is COC(CNc1nc(C)ccc1C(N)=O)C(=O)O. The zero-order chi connectivity index (χ0) is 13.7. The largest absolute Gasteiger partial charge is 0.479 e. The lowest BCUT2D eigenvalue weighted by molar-refractivity contribution is -0.147. The van der Waals surface area contributed by atoms with Crippen LogP contribution in [0, 0.1) is 6.92 Å². The first kappa shape index (κ1) is 13.9. The summed E-state index contributed by atoms with van der Waals surface area (Å²) in [6.45, 7) is 1.74. The second-order valence-corrected chi connectivity index (χ2v) is 3.66. The van der Waals surface area contributed by atoms with Crippen LogP contribution in [0.25, 0.3) is 0 Å². The predicted octanol–water partition coefficient (Wildman–Crippen LogP) is 0.000420. The van der Waals surface area contributed by atoms with Crippen LogP contribution in [-0.2, 0) is 9.53 Å². The first-order valence-corrected chi connectivity index (χ1v) is 5.22. The number of nitrogens with zero attached hydrogens (tertiary/aromatic N) is 1. The number of carbonyl (C=O) groups excluding carboxylic acids is 1. The molecule has 0 aliphatic rings. The fourth-order valence-corrected chi connectivity index (χ4v) is 1.35. The highest BCUT2D eigenvalue weighted by Gasteiger charge is 2.17. The number of pyridine rings is 1. The van der Waals surface area contributed by atoms with Gasteiger partial charge in [-0.3, -0.25) is 4.79 Å². The van der Waals surface area contributed by atoms with Gasteiger partial charge in [-0.2, -0.15) is 0 Å². The number of methoxy groups -OCH3 is 1. The predicted molar refractivity (Wildman–Crippen MR) is 64.4 cm³/mol. The minimum atomic E-state index is -1.10. The Morgan fingerprint density at radius 2 is 2.22 bits per heavy atom. The van der Waals surface area contributed by atoms with Gasteiger partial charge >= 0.3 is 5.97 Å². The Bertz CT molecular complexity index is 462. The molecular formula is C11H15N3O4. The monoisotopic (exact) mass is 253 g/mol. The summed E-state index contributed by atoms with van der Waals surface area (Å²) in [4.78, 5) is 26.0. The van der Waals surface area contributed by atoms with Crippen LogP contribution in [0.1, 0.15) is 16.1 Å². The summed E-state index contributed by atoms with van der Waals surface area (Å²) in [5, 5.41) is 11.6. The number of rotatable bonds is 6. The van der Waals surface area contributed by atoms with Crippen molar-refractivity contribution in [2.45, 2.75) is 13.0 Å². The Hall–Kier alpha value is -2.15. The molecule has 0 bridgehead atoms. The number of amides is 1. The summed E-state index contributed by atoms with van der Waals surface area (Å²) in [5.41, 5.74) is 6.09. The average Bonchev–Trinajstić information content (AvgIpc) is 2.29. The molecule has 1 amide bonds. The summed E-state index contributed by atoms with van der Waals surface area (Å²) in [6.07, 6.45) is -1.02. The van der Waals surface area contributed by atoms with E-state index in [0.717, 1.165) is 0 Å². The highest BCUT2D eigenvalue weighted by Crippen LogP contribution is 2.13. The topological polar surface area (TPSA) is 115 Å². The van der Waals surface area contributed by atoms with Crippen molar-refractivity contribution in [1.82, 2.24) is 4.98 Å². The minimum Gasteiger partial charge on any atom is -0.479 e. The van der Waals surface area contributed by atoms with Gasteiger partial charge in [0.2, 0.25) is 0 Å². The van der Waals surface area contributed by atoms with Gasteiger partial charge in [0.05, 0.1) is 12.1 Å². The Morgan fingerprint density at radius 3 is 2.72 bits per heavy atom. The third-order valence-electron chi connectivity index (χ3n) is 2.31. The van der Waals surface area contributed by atoms with Crippen molar-refractivity contribution < 1.29 is 19.4 Å². The highest BCUT2D eigenvalue weighted by molar-refractivity contribution is 5.97. The maximum absolute atomic E-state index is 11.2. The molecule has 1 aromatic rings. The fraction of sp³-hybridized carbons (Fsp3) is 0.364. The molecule has 7 nitrogen and oxygen atoms in total. The standard InChI is InChI=1S/C11H15N3O4/c1-6-3-4-7(9(12)15)10(14-6)13-5-8(18-2)11(16)17/h3-4,8H,5H2,1-2H3,(H2,12,15)(H,13,14)(H,16,17). The van der Waals surface area contributed by atoms with Gasteiger partial charge < -0.3 is 20.9 Å². The van der Waals surface area contributed by atoms with Crippen molar-refractivity contribution in [3.8, 4) is 0 Å². The molecule has 7 heteroatoms. The van der Waals surface area contributed by atoms with E-state index in [0.29, 0.717) is 5.69 Å². The molecule has 0 fully saturated rings. The number of aromatic nitrogens is 1. The second kappa shape index (κ2) is 5.97. The number of hydrogen-bond donors (Lipinski definition) is 3. The molecule has 1 rings (SSSR count). The van der Waals surface area contributed by atoms with Gasteiger partial charge in [0.15, 0.2) is 6.10 Å². The van der Waals surface area contributed by atoms with Crippen LogP contribution in [0.3, 0.4) is 0 Å². The number of aliphatic carboxylic acids is 1. The van der Waals surface area contributed by atoms with Gasteiger partial charge in [-0.05, 0) is 19.1 Å². The van der Waals surface area contributed by atoms with Gasteiger partial charge in [-0.15, -0.1) is 0 Å². The zero-order valence-corrected chi connectivity index (χ0v) is 10.1. The molecule has 0 radical (unpaired) electrons. The van der Waals surface area contributed by atoms with Crippen molar-refractivity contribution in [2.24, 2.45) is 5.73 Å². The lowest BCUT2D eigenvalue weighted by atomic mass is 10.2. The van der Waals surface area contributed by atoms with Crippen LogP contribution >= 0.6 is 0 Å². The summed E-state index contributed by atoms with van der Waals surface area (Å²) >= 11 is 0. The van der Waals surface area contributed by atoms with Gasteiger partial charge in [0.25, 0.3) is 5.91 Å². The molecule has 18 heavy (non-hydrogen) atoms. The number of carbonyl (C=O) groups is 2. The van der Waals surface area contributed by atoms with Crippen LogP contribution in [-0.4, -0.2) is 41.7 Å². The Labute approximate surface area is 104 Å². The molecule has 0 saturated carbocycles. The van der Waals surface area contributed by atoms with Gasteiger partial charge in [0.1, 0.15) is 5.82 Å². The fourth-order valence-electron chi connectivity index (χ4n) is 1.35. The Morgan fingerprint density at radius 1 is 1.56 bits per heavy atom. The van der Waals surface area contributed by atoms with E-state index in [1.165, 1.54) is 13.2 Å². The van der Waals surface area contributed by atoms with E-state index in [2.05, 4.69) is 10.3 Å². The van der Waals surface area contributed by atoms with E-state index >= 15 is 0 Å². The Kier molecular flexibility index (Phi) is 4.61. The second-order valence-electron chi connectivity index (χ2n) is 3.66. The van der Waals surface area contributed by atoms with Crippen molar-refractivity contribution in [2.75, 3.05) is 19.0 Å². The van der Waals surface area contributed by atoms with Crippen LogP contribution < -0.4 is 11.1 Å². The molecule has 0 aliphatic carbocycles. The van der Waals surface area contributed by atoms with E-state index in [1.807, 2.05) is 0 Å². The number of primary amides is 1. The average molecular weight is 253 g/mol. The lowest BCUT2D eigenvalue weighted by Gasteiger charge is -2.14. The van der Waals surface area contributed by atoms with E-state index < -0.39 is 18.0 Å². The molecule has 0 saturated heterocycles. The van der Waals surface area contributed by atoms with Crippen LogP contribution in [0.2, 0.25) is 0 Å². The maximum Gasteiger partial charge on any atom is 0.334 e. The van der Waals surface area contributed by atoms with E-state index in [1.54, 1.807) is 13.0 Å². The van der Waals surface area contributed by atoms with Crippen LogP contribution in [0.5, 0.6) is 0 Å². The van der Waals surface area contributed by atoms with Crippen molar-refractivity contribution in [3.63, 3.8) is 0 Å². The first-order valence-electron chi connectivity index (χ1n) is 5.22. The molecule has 4 N–H and O–H groups in total. The summed E-state index contributed by atoms with van der Waals surface area (Å²) < 4.78 is 4.76. The molecule has 98 valence electrons. The third-order valence-corrected chi connectivity index (χ3v) is 2.31. The number of hydrogen-bond acceptors (Lipinski definition) is 5. The number of ether oxygens (including phenoxy) is 1. The number of anilines is 1. The maximum atomic E-state index is 11.2.